The zero-order chi connectivity index (χ0) is 19.8. The molecule has 1 heterocycles. The quantitative estimate of drug-likeness (QED) is 0.734. The molecule has 0 bridgehead atoms. The number of rotatable bonds is 9. The van der Waals surface area contributed by atoms with Crippen molar-refractivity contribution < 1.29 is 14.3 Å². The summed E-state index contributed by atoms with van der Waals surface area (Å²) in [6, 6.07) is 7.80. The Morgan fingerprint density at radius 2 is 1.96 bits per heavy atom. The van der Waals surface area contributed by atoms with E-state index in [2.05, 4.69) is 10.4 Å². The molecule has 0 aliphatic heterocycles. The Bertz CT molecular complexity index is 753. The van der Waals surface area contributed by atoms with Gasteiger partial charge in [-0.25, -0.2) is 0 Å². The van der Waals surface area contributed by atoms with E-state index >= 15 is 0 Å². The first-order valence-electron chi connectivity index (χ1n) is 9.09. The zero-order valence-corrected chi connectivity index (χ0v) is 16.4. The number of likely N-dealkylation sites (N-methyl/N-ethyl adjacent to an activating group) is 1. The lowest BCUT2D eigenvalue weighted by Crippen LogP contribution is -2.33. The molecule has 0 saturated heterocycles. The van der Waals surface area contributed by atoms with Crippen molar-refractivity contribution in [2.45, 2.75) is 33.7 Å². The van der Waals surface area contributed by atoms with E-state index in [9.17, 15) is 9.59 Å². The van der Waals surface area contributed by atoms with Crippen LogP contribution in [0.3, 0.4) is 0 Å². The van der Waals surface area contributed by atoms with E-state index in [1.54, 1.807) is 24.3 Å². The van der Waals surface area contributed by atoms with Gasteiger partial charge >= 0.3 is 0 Å². The number of hydrogen-bond acceptors (Lipinski definition) is 4. The van der Waals surface area contributed by atoms with Gasteiger partial charge in [-0.15, -0.1) is 0 Å². The number of hydrogen-bond donors (Lipinski definition) is 1. The summed E-state index contributed by atoms with van der Waals surface area (Å²) >= 11 is 0. The Hall–Kier alpha value is -2.83. The minimum atomic E-state index is -0.0781. The standard InChI is InChI=1S/C20H28N4O3/c1-15(2)11-19(25)22-17-12-21-24(13-17)14-20(26)23(4)9-10-27-18-7-5-16(3)6-8-18/h5-8,12-13,15H,9-11,14H2,1-4H3,(H,22,25). The van der Waals surface area contributed by atoms with Gasteiger partial charge < -0.3 is 15.0 Å². The lowest BCUT2D eigenvalue weighted by atomic mass is 10.1. The number of aryl methyl sites for hydroxylation is 1. The maximum absolute atomic E-state index is 12.3. The van der Waals surface area contributed by atoms with Gasteiger partial charge in [0.1, 0.15) is 18.9 Å². The summed E-state index contributed by atoms with van der Waals surface area (Å²) < 4.78 is 7.17. The Balaban J connectivity index is 1.75. The second-order valence-electron chi connectivity index (χ2n) is 7.05. The second-order valence-corrected chi connectivity index (χ2v) is 7.05. The molecule has 2 rings (SSSR count). The average Bonchev–Trinajstić information content (AvgIpc) is 3.02. The fraction of sp³-hybridized carbons (Fsp3) is 0.450. The number of ether oxygens (including phenoxy) is 1. The molecule has 2 aromatic rings. The number of amides is 2. The zero-order valence-electron chi connectivity index (χ0n) is 16.4. The van der Waals surface area contributed by atoms with E-state index in [4.69, 9.17) is 4.74 Å². The normalized spacial score (nSPS) is 10.7. The van der Waals surface area contributed by atoms with Crippen LogP contribution in [-0.4, -0.2) is 46.7 Å². The average molecular weight is 372 g/mol. The fourth-order valence-electron chi connectivity index (χ4n) is 2.42. The summed E-state index contributed by atoms with van der Waals surface area (Å²) in [5, 5.41) is 6.92. The molecule has 1 aromatic carbocycles. The third kappa shape index (κ3) is 7.13. The number of nitrogens with one attached hydrogen (secondary N) is 1. The van der Waals surface area contributed by atoms with E-state index in [0.717, 1.165) is 5.75 Å². The highest BCUT2D eigenvalue weighted by Gasteiger charge is 2.12. The molecular formula is C20H28N4O3. The first-order valence-corrected chi connectivity index (χ1v) is 9.09. The number of anilines is 1. The van der Waals surface area contributed by atoms with Crippen LogP contribution < -0.4 is 10.1 Å². The molecular weight excluding hydrogens is 344 g/mol. The van der Waals surface area contributed by atoms with Crippen molar-refractivity contribution >= 4 is 17.5 Å². The minimum absolute atomic E-state index is 0.0544. The van der Waals surface area contributed by atoms with Crippen molar-refractivity contribution in [3.8, 4) is 5.75 Å². The molecule has 0 radical (unpaired) electrons. The van der Waals surface area contributed by atoms with Crippen LogP contribution in [0.2, 0.25) is 0 Å². The van der Waals surface area contributed by atoms with Crippen molar-refractivity contribution in [3.05, 3.63) is 42.2 Å². The van der Waals surface area contributed by atoms with Crippen molar-refractivity contribution in [2.75, 3.05) is 25.5 Å². The van der Waals surface area contributed by atoms with Crippen molar-refractivity contribution in [1.82, 2.24) is 14.7 Å². The molecule has 0 atom stereocenters. The van der Waals surface area contributed by atoms with Gasteiger partial charge in [0, 0.05) is 19.7 Å². The highest BCUT2D eigenvalue weighted by molar-refractivity contribution is 5.90. The summed E-state index contributed by atoms with van der Waals surface area (Å²) in [4.78, 5) is 25.7. The molecule has 0 spiro atoms. The molecule has 146 valence electrons. The lowest BCUT2D eigenvalue weighted by Gasteiger charge is -2.17. The van der Waals surface area contributed by atoms with Gasteiger partial charge in [0.05, 0.1) is 18.4 Å². The Kier molecular flexibility index (Phi) is 7.40. The van der Waals surface area contributed by atoms with Crippen LogP contribution in [0, 0.1) is 12.8 Å². The van der Waals surface area contributed by atoms with Gasteiger partial charge in [-0.3, -0.25) is 14.3 Å². The second kappa shape index (κ2) is 9.75. The Morgan fingerprint density at radius 1 is 1.26 bits per heavy atom. The van der Waals surface area contributed by atoms with Crippen LogP contribution in [0.15, 0.2) is 36.7 Å². The lowest BCUT2D eigenvalue weighted by molar-refractivity contribution is -0.131. The maximum atomic E-state index is 12.3. The number of nitrogens with zero attached hydrogens (tertiary/aromatic N) is 3. The minimum Gasteiger partial charge on any atom is -0.492 e. The molecule has 0 aliphatic carbocycles. The monoisotopic (exact) mass is 372 g/mol. The summed E-state index contributed by atoms with van der Waals surface area (Å²) in [7, 11) is 1.73. The van der Waals surface area contributed by atoms with Crippen LogP contribution in [0.1, 0.15) is 25.8 Å². The first kappa shape index (κ1) is 20.5. The molecule has 7 heteroatoms. The van der Waals surface area contributed by atoms with Gasteiger partial charge in [-0.2, -0.15) is 5.10 Å². The summed E-state index contributed by atoms with van der Waals surface area (Å²) in [5.41, 5.74) is 1.77. The van der Waals surface area contributed by atoms with Gasteiger partial charge in [-0.05, 0) is 25.0 Å². The predicted molar refractivity (Wildman–Crippen MR) is 105 cm³/mol. The Morgan fingerprint density at radius 3 is 2.63 bits per heavy atom. The molecule has 2 amide bonds. The third-order valence-corrected chi connectivity index (χ3v) is 3.95. The van der Waals surface area contributed by atoms with Gasteiger partial charge in [0.15, 0.2) is 0 Å². The summed E-state index contributed by atoms with van der Waals surface area (Å²) in [6.45, 7) is 7.00. The largest absolute Gasteiger partial charge is 0.492 e. The maximum Gasteiger partial charge on any atom is 0.244 e. The van der Waals surface area contributed by atoms with Crippen LogP contribution in [-0.2, 0) is 16.1 Å². The molecule has 0 saturated carbocycles. The summed E-state index contributed by atoms with van der Waals surface area (Å²) in [5.74, 6) is 0.944. The van der Waals surface area contributed by atoms with E-state index in [1.165, 1.54) is 10.2 Å². The molecule has 7 nitrogen and oxygen atoms in total. The van der Waals surface area contributed by atoms with Crippen molar-refractivity contribution in [2.24, 2.45) is 5.92 Å². The molecule has 0 unspecified atom stereocenters. The van der Waals surface area contributed by atoms with Crippen LogP contribution in [0.25, 0.3) is 0 Å². The van der Waals surface area contributed by atoms with Crippen LogP contribution in [0.4, 0.5) is 5.69 Å². The van der Waals surface area contributed by atoms with E-state index in [1.807, 2.05) is 45.0 Å². The number of carbonyl (C=O) groups is 2. The van der Waals surface area contributed by atoms with Crippen LogP contribution >= 0.6 is 0 Å². The molecule has 27 heavy (non-hydrogen) atoms. The highest BCUT2D eigenvalue weighted by atomic mass is 16.5. The van der Waals surface area contributed by atoms with Crippen molar-refractivity contribution in [3.63, 3.8) is 0 Å². The molecule has 1 aromatic heterocycles. The third-order valence-electron chi connectivity index (χ3n) is 3.95. The molecule has 1 N–H and O–H groups in total. The van der Waals surface area contributed by atoms with Gasteiger partial charge in [-0.1, -0.05) is 31.5 Å². The number of benzene rings is 1. The Labute approximate surface area is 160 Å². The number of aromatic nitrogens is 2. The first-order chi connectivity index (χ1) is 12.8. The topological polar surface area (TPSA) is 76.5 Å². The summed E-state index contributed by atoms with van der Waals surface area (Å²) in [6.07, 6.45) is 3.66. The fourth-order valence-corrected chi connectivity index (χ4v) is 2.42. The van der Waals surface area contributed by atoms with E-state index in [-0.39, 0.29) is 24.3 Å². The van der Waals surface area contributed by atoms with E-state index in [0.29, 0.717) is 25.3 Å². The van der Waals surface area contributed by atoms with Gasteiger partial charge in [0.2, 0.25) is 11.8 Å². The van der Waals surface area contributed by atoms with Crippen molar-refractivity contribution in [1.29, 1.82) is 0 Å². The predicted octanol–water partition coefficient (Wildman–Crippen LogP) is 2.71. The molecule has 0 aliphatic rings. The van der Waals surface area contributed by atoms with Crippen LogP contribution in [0.5, 0.6) is 5.75 Å². The SMILES string of the molecule is Cc1ccc(OCCN(C)C(=O)Cn2cc(NC(=O)CC(C)C)cn2)cc1. The smallest absolute Gasteiger partial charge is 0.244 e. The van der Waals surface area contributed by atoms with E-state index < -0.39 is 0 Å². The number of carbonyl (C=O) groups excluding carboxylic acids is 2. The molecule has 0 fully saturated rings. The van der Waals surface area contributed by atoms with Gasteiger partial charge in [0.25, 0.3) is 0 Å². The highest BCUT2D eigenvalue weighted by Crippen LogP contribution is 2.11.